The fourth-order valence-electron chi connectivity index (χ4n) is 1.88. The van der Waals surface area contributed by atoms with Crippen molar-refractivity contribution in [2.45, 2.75) is 13.0 Å². The Morgan fingerprint density at radius 3 is 2.53 bits per heavy atom. The standard InChI is InChI=1S/C13H13BrClNS/c1-8-3-10(7-17-8)13(16-2)9-4-11(14)6-12(15)5-9/h3-7,13,16H,1-2H3. The zero-order chi connectivity index (χ0) is 12.4. The van der Waals surface area contributed by atoms with Crippen LogP contribution in [0.2, 0.25) is 5.02 Å². The minimum Gasteiger partial charge on any atom is -0.309 e. The first kappa shape index (κ1) is 13.1. The van der Waals surface area contributed by atoms with Crippen LogP contribution < -0.4 is 5.32 Å². The van der Waals surface area contributed by atoms with Crippen molar-refractivity contribution >= 4 is 38.9 Å². The first-order chi connectivity index (χ1) is 8.10. The lowest BCUT2D eigenvalue weighted by atomic mass is 10.0. The minimum atomic E-state index is 0.190. The van der Waals surface area contributed by atoms with Gasteiger partial charge < -0.3 is 5.32 Å². The molecule has 0 fully saturated rings. The van der Waals surface area contributed by atoms with Gasteiger partial charge in [-0.3, -0.25) is 0 Å². The Bertz CT molecular complexity index is 504. The topological polar surface area (TPSA) is 12.0 Å². The lowest BCUT2D eigenvalue weighted by molar-refractivity contribution is 0.694. The molecule has 1 heterocycles. The molecular formula is C13H13BrClNS. The lowest BCUT2D eigenvalue weighted by Gasteiger charge is -2.16. The second-order valence-corrected chi connectivity index (χ2v) is 6.38. The normalized spacial score (nSPS) is 12.7. The average molecular weight is 331 g/mol. The third-order valence-corrected chi connectivity index (χ3v) is 4.15. The molecule has 1 atom stereocenters. The molecular weight excluding hydrogens is 318 g/mol. The van der Waals surface area contributed by atoms with Gasteiger partial charge in [0, 0.05) is 14.4 Å². The quantitative estimate of drug-likeness (QED) is 0.854. The molecule has 0 aliphatic rings. The van der Waals surface area contributed by atoms with Crippen LogP contribution in [0, 0.1) is 6.92 Å². The zero-order valence-corrected chi connectivity index (χ0v) is 12.8. The van der Waals surface area contributed by atoms with Gasteiger partial charge in [-0.1, -0.05) is 27.5 Å². The molecule has 0 spiro atoms. The van der Waals surface area contributed by atoms with Gasteiger partial charge in [0.2, 0.25) is 0 Å². The summed E-state index contributed by atoms with van der Waals surface area (Å²) in [6, 6.07) is 8.40. The molecule has 1 unspecified atom stereocenters. The first-order valence-corrected chi connectivity index (χ1v) is 7.33. The third-order valence-electron chi connectivity index (χ3n) is 2.59. The number of aryl methyl sites for hydroxylation is 1. The van der Waals surface area contributed by atoms with Crippen molar-refractivity contribution in [3.8, 4) is 0 Å². The van der Waals surface area contributed by atoms with Gasteiger partial charge in [0.1, 0.15) is 0 Å². The zero-order valence-electron chi connectivity index (χ0n) is 9.63. The van der Waals surface area contributed by atoms with Crippen LogP contribution in [0.3, 0.4) is 0 Å². The van der Waals surface area contributed by atoms with Crippen molar-refractivity contribution in [2.75, 3.05) is 7.05 Å². The Kier molecular flexibility index (Phi) is 4.26. The molecule has 2 rings (SSSR count). The monoisotopic (exact) mass is 329 g/mol. The SMILES string of the molecule is CNC(c1cc(Cl)cc(Br)c1)c1csc(C)c1. The maximum atomic E-state index is 6.09. The Hall–Kier alpha value is -0.350. The smallest absolute Gasteiger partial charge is 0.0583 e. The molecule has 0 saturated heterocycles. The van der Waals surface area contributed by atoms with E-state index in [9.17, 15) is 0 Å². The number of rotatable bonds is 3. The van der Waals surface area contributed by atoms with E-state index >= 15 is 0 Å². The van der Waals surface area contributed by atoms with Gasteiger partial charge in [0.15, 0.2) is 0 Å². The summed E-state index contributed by atoms with van der Waals surface area (Å²) in [4.78, 5) is 1.32. The Balaban J connectivity index is 2.41. The largest absolute Gasteiger partial charge is 0.309 e. The molecule has 0 radical (unpaired) electrons. The van der Waals surface area contributed by atoms with Gasteiger partial charge in [-0.15, -0.1) is 11.3 Å². The predicted molar refractivity (Wildman–Crippen MR) is 79.1 cm³/mol. The highest BCUT2D eigenvalue weighted by Gasteiger charge is 2.14. The van der Waals surface area contributed by atoms with Gasteiger partial charge in [-0.05, 0) is 54.7 Å². The van der Waals surface area contributed by atoms with Crippen molar-refractivity contribution < 1.29 is 0 Å². The maximum Gasteiger partial charge on any atom is 0.0583 e. The summed E-state index contributed by atoms with van der Waals surface area (Å²) < 4.78 is 1.01. The van der Waals surface area contributed by atoms with Gasteiger partial charge in [-0.25, -0.2) is 0 Å². The number of halogens is 2. The average Bonchev–Trinajstić information content (AvgIpc) is 2.64. The summed E-state index contributed by atoms with van der Waals surface area (Å²) >= 11 is 11.3. The molecule has 4 heteroatoms. The highest BCUT2D eigenvalue weighted by Crippen LogP contribution is 2.29. The van der Waals surface area contributed by atoms with E-state index in [4.69, 9.17) is 11.6 Å². The highest BCUT2D eigenvalue weighted by molar-refractivity contribution is 9.10. The van der Waals surface area contributed by atoms with Crippen molar-refractivity contribution in [3.05, 3.63) is 55.1 Å². The van der Waals surface area contributed by atoms with Crippen LogP contribution in [-0.2, 0) is 0 Å². The van der Waals surface area contributed by atoms with E-state index in [1.807, 2.05) is 19.2 Å². The number of thiophene rings is 1. The molecule has 1 aromatic heterocycles. The molecule has 0 aliphatic heterocycles. The van der Waals surface area contributed by atoms with E-state index < -0.39 is 0 Å². The molecule has 17 heavy (non-hydrogen) atoms. The molecule has 0 bridgehead atoms. The summed E-state index contributed by atoms with van der Waals surface area (Å²) in [5.74, 6) is 0. The maximum absolute atomic E-state index is 6.09. The Morgan fingerprint density at radius 1 is 1.24 bits per heavy atom. The van der Waals surface area contributed by atoms with Crippen LogP contribution in [0.1, 0.15) is 22.0 Å². The summed E-state index contributed by atoms with van der Waals surface area (Å²) in [6.07, 6.45) is 0. The third kappa shape index (κ3) is 3.10. The van der Waals surface area contributed by atoms with E-state index in [-0.39, 0.29) is 6.04 Å². The van der Waals surface area contributed by atoms with Gasteiger partial charge in [-0.2, -0.15) is 0 Å². The predicted octanol–water partition coefficient (Wildman–Crippen LogP) is 4.78. The molecule has 0 aliphatic carbocycles. The number of hydrogen-bond donors (Lipinski definition) is 1. The Labute approximate surface area is 119 Å². The van der Waals surface area contributed by atoms with E-state index in [0.717, 1.165) is 9.50 Å². The number of nitrogens with one attached hydrogen (secondary N) is 1. The van der Waals surface area contributed by atoms with Crippen LogP contribution in [0.5, 0.6) is 0 Å². The Morgan fingerprint density at radius 2 is 2.00 bits per heavy atom. The van der Waals surface area contributed by atoms with Gasteiger partial charge in [0.05, 0.1) is 6.04 Å². The van der Waals surface area contributed by atoms with Crippen LogP contribution in [-0.4, -0.2) is 7.05 Å². The summed E-state index contributed by atoms with van der Waals surface area (Å²) in [5, 5.41) is 6.27. The molecule has 0 amide bonds. The van der Waals surface area contributed by atoms with Gasteiger partial charge >= 0.3 is 0 Å². The van der Waals surface area contributed by atoms with E-state index in [1.54, 1.807) is 11.3 Å². The van der Waals surface area contributed by atoms with Crippen molar-refractivity contribution in [2.24, 2.45) is 0 Å². The summed E-state index contributed by atoms with van der Waals surface area (Å²) in [7, 11) is 1.96. The molecule has 2 aromatic rings. The van der Waals surface area contributed by atoms with E-state index in [2.05, 4.69) is 45.7 Å². The van der Waals surface area contributed by atoms with E-state index in [1.165, 1.54) is 16.0 Å². The van der Waals surface area contributed by atoms with Crippen LogP contribution in [0.15, 0.2) is 34.1 Å². The fourth-order valence-corrected chi connectivity index (χ4v) is 3.50. The minimum absolute atomic E-state index is 0.190. The molecule has 1 nitrogen and oxygen atoms in total. The number of hydrogen-bond acceptors (Lipinski definition) is 2. The second kappa shape index (κ2) is 5.53. The second-order valence-electron chi connectivity index (χ2n) is 3.92. The molecule has 0 saturated carbocycles. The van der Waals surface area contributed by atoms with Gasteiger partial charge in [0.25, 0.3) is 0 Å². The lowest BCUT2D eigenvalue weighted by Crippen LogP contribution is -2.16. The number of benzene rings is 1. The van der Waals surface area contributed by atoms with Crippen LogP contribution >= 0.6 is 38.9 Å². The van der Waals surface area contributed by atoms with E-state index in [0.29, 0.717) is 0 Å². The highest BCUT2D eigenvalue weighted by atomic mass is 79.9. The summed E-state index contributed by atoms with van der Waals surface area (Å²) in [6.45, 7) is 2.12. The summed E-state index contributed by atoms with van der Waals surface area (Å²) in [5.41, 5.74) is 2.45. The fraction of sp³-hybridized carbons (Fsp3) is 0.231. The van der Waals surface area contributed by atoms with Crippen LogP contribution in [0.4, 0.5) is 0 Å². The molecule has 90 valence electrons. The van der Waals surface area contributed by atoms with Crippen molar-refractivity contribution in [3.63, 3.8) is 0 Å². The first-order valence-electron chi connectivity index (χ1n) is 5.28. The van der Waals surface area contributed by atoms with Crippen molar-refractivity contribution in [1.82, 2.24) is 5.32 Å². The van der Waals surface area contributed by atoms with Crippen molar-refractivity contribution in [1.29, 1.82) is 0 Å². The molecule has 1 aromatic carbocycles. The molecule has 1 N–H and O–H groups in total. The van der Waals surface area contributed by atoms with Crippen LogP contribution in [0.25, 0.3) is 0 Å².